The van der Waals surface area contributed by atoms with Gasteiger partial charge in [0.05, 0.1) is 10.7 Å². The Morgan fingerprint density at radius 1 is 1.71 bits per heavy atom. The maximum Gasteiger partial charge on any atom is 0.200 e. The van der Waals surface area contributed by atoms with Crippen molar-refractivity contribution in [3.63, 3.8) is 0 Å². The topological polar surface area (TPSA) is 82.9 Å². The van der Waals surface area contributed by atoms with Crippen LogP contribution in [0.25, 0.3) is 10.4 Å². The summed E-state index contributed by atoms with van der Waals surface area (Å²) in [6, 6.07) is 0. The SMILES string of the molecule is C=CC(C)=C[C@@]1(C)SC(=O)C(CN=[N+]=[N-])C1=O. The van der Waals surface area contributed by atoms with Gasteiger partial charge < -0.3 is 0 Å². The Balaban J connectivity index is 3.01. The van der Waals surface area contributed by atoms with E-state index in [9.17, 15) is 9.59 Å². The van der Waals surface area contributed by atoms with E-state index in [0.29, 0.717) is 0 Å². The Hall–Kier alpha value is -1.52. The van der Waals surface area contributed by atoms with Crippen LogP contribution >= 0.6 is 11.8 Å². The summed E-state index contributed by atoms with van der Waals surface area (Å²) in [5, 5.41) is 3.07. The van der Waals surface area contributed by atoms with Gasteiger partial charge in [0.15, 0.2) is 5.78 Å². The molecule has 6 heteroatoms. The standard InChI is InChI=1S/C11H13N3O2S/c1-4-7(2)5-11(3)9(15)8(6-13-14-12)10(16)17-11/h4-5,8H,1,6H2,2-3H3/t8?,11-/m1/s1. The smallest absolute Gasteiger partial charge is 0.200 e. The number of rotatable bonds is 4. The Labute approximate surface area is 104 Å². The first kappa shape index (κ1) is 13.5. The minimum atomic E-state index is -0.870. The molecule has 0 amide bonds. The van der Waals surface area contributed by atoms with Crippen LogP contribution in [-0.4, -0.2) is 22.2 Å². The van der Waals surface area contributed by atoms with Crippen LogP contribution in [0.5, 0.6) is 0 Å². The summed E-state index contributed by atoms with van der Waals surface area (Å²) in [5.41, 5.74) is 9.05. The van der Waals surface area contributed by atoms with Gasteiger partial charge in [-0.2, -0.15) is 0 Å². The number of carbonyl (C=O) groups is 2. The van der Waals surface area contributed by atoms with Gasteiger partial charge in [0.25, 0.3) is 0 Å². The van der Waals surface area contributed by atoms with Crippen molar-refractivity contribution in [3.05, 3.63) is 34.7 Å². The second-order valence-electron chi connectivity index (χ2n) is 3.95. The van der Waals surface area contributed by atoms with Crippen molar-refractivity contribution in [2.45, 2.75) is 18.6 Å². The molecule has 90 valence electrons. The Morgan fingerprint density at radius 3 is 2.88 bits per heavy atom. The van der Waals surface area contributed by atoms with Gasteiger partial charge in [0, 0.05) is 11.5 Å². The molecule has 1 saturated heterocycles. The number of hydrogen-bond acceptors (Lipinski definition) is 4. The van der Waals surface area contributed by atoms with Crippen molar-refractivity contribution in [3.8, 4) is 0 Å². The lowest BCUT2D eigenvalue weighted by Gasteiger charge is -2.16. The summed E-state index contributed by atoms with van der Waals surface area (Å²) in [7, 11) is 0. The number of carbonyl (C=O) groups excluding carboxylic acids is 2. The number of hydrogen-bond donors (Lipinski definition) is 0. The first-order valence-corrected chi connectivity index (χ1v) is 5.86. The molecule has 1 heterocycles. The third kappa shape index (κ3) is 2.78. The highest BCUT2D eigenvalue weighted by molar-refractivity contribution is 8.16. The molecule has 1 rings (SSSR count). The van der Waals surface area contributed by atoms with Crippen molar-refractivity contribution < 1.29 is 9.59 Å². The van der Waals surface area contributed by atoms with Gasteiger partial charge in [0.1, 0.15) is 0 Å². The van der Waals surface area contributed by atoms with E-state index in [-0.39, 0.29) is 17.4 Å². The second kappa shape index (κ2) is 5.21. The highest BCUT2D eigenvalue weighted by Gasteiger charge is 2.49. The molecule has 0 aromatic carbocycles. The van der Waals surface area contributed by atoms with E-state index in [1.807, 2.05) is 6.92 Å². The molecular weight excluding hydrogens is 238 g/mol. The van der Waals surface area contributed by atoms with Gasteiger partial charge in [-0.25, -0.2) is 0 Å². The van der Waals surface area contributed by atoms with Gasteiger partial charge in [-0.1, -0.05) is 41.2 Å². The lowest BCUT2D eigenvalue weighted by molar-refractivity contribution is -0.127. The molecule has 0 aromatic heterocycles. The number of thioether (sulfide) groups is 1. The van der Waals surface area contributed by atoms with Crippen LogP contribution in [0.3, 0.4) is 0 Å². The predicted molar refractivity (Wildman–Crippen MR) is 67.5 cm³/mol. The molecule has 5 nitrogen and oxygen atoms in total. The molecule has 1 fully saturated rings. The van der Waals surface area contributed by atoms with Crippen LogP contribution in [0.1, 0.15) is 13.8 Å². The summed E-state index contributed by atoms with van der Waals surface area (Å²) in [4.78, 5) is 26.3. The quantitative estimate of drug-likeness (QED) is 0.253. The highest BCUT2D eigenvalue weighted by atomic mass is 32.2. The number of nitrogens with zero attached hydrogens (tertiary/aromatic N) is 3. The van der Waals surface area contributed by atoms with Crippen LogP contribution in [0, 0.1) is 5.92 Å². The fourth-order valence-electron chi connectivity index (χ4n) is 1.65. The van der Waals surface area contributed by atoms with Crippen LogP contribution in [0.15, 0.2) is 29.4 Å². The van der Waals surface area contributed by atoms with Crippen LogP contribution < -0.4 is 0 Å². The monoisotopic (exact) mass is 251 g/mol. The van der Waals surface area contributed by atoms with Crippen molar-refractivity contribution in [2.75, 3.05) is 6.54 Å². The van der Waals surface area contributed by atoms with E-state index in [2.05, 4.69) is 16.6 Å². The lowest BCUT2D eigenvalue weighted by atomic mass is 9.93. The summed E-state index contributed by atoms with van der Waals surface area (Å²) < 4.78 is -0.870. The molecular formula is C11H13N3O2S. The molecule has 17 heavy (non-hydrogen) atoms. The molecule has 0 saturated carbocycles. The summed E-state index contributed by atoms with van der Waals surface area (Å²) in [6.07, 6.45) is 3.35. The molecule has 0 radical (unpaired) electrons. The van der Waals surface area contributed by atoms with Gasteiger partial charge in [-0.05, 0) is 19.4 Å². The second-order valence-corrected chi connectivity index (χ2v) is 5.41. The zero-order chi connectivity index (χ0) is 13.1. The first-order chi connectivity index (χ1) is 7.94. The summed E-state index contributed by atoms with van der Waals surface area (Å²) in [5.74, 6) is -1.03. The fourth-order valence-corrected chi connectivity index (χ4v) is 2.88. The van der Waals surface area contributed by atoms with Crippen molar-refractivity contribution in [1.82, 2.24) is 0 Å². The zero-order valence-corrected chi connectivity index (χ0v) is 10.5. The normalized spacial score (nSPS) is 29.1. The Morgan fingerprint density at radius 2 is 2.35 bits per heavy atom. The van der Waals surface area contributed by atoms with Gasteiger partial charge in [-0.3, -0.25) is 9.59 Å². The molecule has 0 aliphatic carbocycles. The van der Waals surface area contributed by atoms with Crippen molar-refractivity contribution in [2.24, 2.45) is 11.0 Å². The lowest BCUT2D eigenvalue weighted by Crippen LogP contribution is -2.30. The maximum atomic E-state index is 12.1. The molecule has 1 unspecified atom stereocenters. The number of Topliss-reactive ketones (excluding diaryl/α,β-unsaturated/α-hetero) is 1. The third-order valence-electron chi connectivity index (χ3n) is 2.56. The number of allylic oxidation sites excluding steroid dienone is 2. The molecule has 2 atom stereocenters. The number of ketones is 1. The summed E-state index contributed by atoms with van der Waals surface area (Å²) >= 11 is 0.982. The van der Waals surface area contributed by atoms with E-state index < -0.39 is 10.7 Å². The average molecular weight is 251 g/mol. The van der Waals surface area contributed by atoms with Crippen molar-refractivity contribution in [1.29, 1.82) is 0 Å². The summed E-state index contributed by atoms with van der Waals surface area (Å²) in [6.45, 7) is 7.02. The van der Waals surface area contributed by atoms with Crippen LogP contribution in [0.2, 0.25) is 0 Å². The molecule has 1 aliphatic rings. The van der Waals surface area contributed by atoms with E-state index in [0.717, 1.165) is 17.3 Å². The van der Waals surface area contributed by atoms with Crippen LogP contribution in [0.4, 0.5) is 0 Å². The van der Waals surface area contributed by atoms with Gasteiger partial charge in [0.2, 0.25) is 5.12 Å². The third-order valence-corrected chi connectivity index (χ3v) is 3.78. The Kier molecular flexibility index (Phi) is 4.15. The average Bonchev–Trinajstić information content (AvgIpc) is 2.48. The minimum absolute atomic E-state index is 0.0995. The molecule has 0 aromatic rings. The van der Waals surface area contributed by atoms with E-state index in [4.69, 9.17) is 5.53 Å². The van der Waals surface area contributed by atoms with Gasteiger partial charge >= 0.3 is 0 Å². The van der Waals surface area contributed by atoms with Crippen LogP contribution in [-0.2, 0) is 9.59 Å². The van der Waals surface area contributed by atoms with E-state index in [1.54, 1.807) is 19.1 Å². The molecule has 0 bridgehead atoms. The maximum absolute atomic E-state index is 12.1. The molecule has 1 aliphatic heterocycles. The van der Waals surface area contributed by atoms with Gasteiger partial charge in [-0.15, -0.1) is 0 Å². The minimum Gasteiger partial charge on any atom is -0.297 e. The largest absolute Gasteiger partial charge is 0.297 e. The first-order valence-electron chi connectivity index (χ1n) is 5.04. The van der Waals surface area contributed by atoms with Crippen molar-refractivity contribution >= 4 is 22.7 Å². The van der Waals surface area contributed by atoms with E-state index in [1.165, 1.54) is 0 Å². The zero-order valence-electron chi connectivity index (χ0n) is 9.71. The Bertz CT molecular complexity index is 452. The molecule has 0 N–H and O–H groups in total. The molecule has 0 spiro atoms. The number of azide groups is 1. The fraction of sp³-hybridized carbons (Fsp3) is 0.455. The highest BCUT2D eigenvalue weighted by Crippen LogP contribution is 2.41. The predicted octanol–water partition coefficient (Wildman–Crippen LogP) is 2.65. The van der Waals surface area contributed by atoms with E-state index >= 15 is 0 Å².